The van der Waals surface area contributed by atoms with Crippen LogP contribution < -0.4 is 10.0 Å². The Morgan fingerprint density at radius 1 is 0.872 bits per heavy atom. The number of thiazole rings is 1. The zero-order valence-electron chi connectivity index (χ0n) is 20.3. The number of nitrogens with zero attached hydrogens (tertiary/aromatic N) is 1. The minimum atomic E-state index is -4.62. The number of hydrogen-bond donors (Lipinski definition) is 2. The Bertz CT molecular complexity index is 1800. The summed E-state index contributed by atoms with van der Waals surface area (Å²) in [6.07, 6.45) is -4.62. The number of carbonyl (C=O) groups is 1. The fourth-order valence-corrected chi connectivity index (χ4v) is 6.00. The van der Waals surface area contributed by atoms with Crippen LogP contribution in [0.4, 0.5) is 24.5 Å². The summed E-state index contributed by atoms with van der Waals surface area (Å²) in [4.78, 5) is 17.2. The molecule has 0 aliphatic heterocycles. The number of benzene rings is 4. The number of hydrogen-bond acceptors (Lipinski definition) is 5. The van der Waals surface area contributed by atoms with Crippen molar-refractivity contribution in [2.75, 3.05) is 10.0 Å². The quantitative estimate of drug-likeness (QED) is 0.225. The molecule has 39 heavy (non-hydrogen) atoms. The molecule has 2 N–H and O–H groups in total. The molecule has 0 unspecified atom stereocenters. The summed E-state index contributed by atoms with van der Waals surface area (Å²) in [5, 5.41) is 3.57. The number of rotatable bonds is 6. The summed E-state index contributed by atoms with van der Waals surface area (Å²) in [7, 11) is -4.26. The highest BCUT2D eigenvalue weighted by molar-refractivity contribution is 7.92. The molecule has 0 fully saturated rings. The first-order chi connectivity index (χ1) is 18.5. The summed E-state index contributed by atoms with van der Waals surface area (Å²) in [6.45, 7) is 2.02. The van der Waals surface area contributed by atoms with E-state index >= 15 is 0 Å². The summed E-state index contributed by atoms with van der Waals surface area (Å²) in [5.41, 5.74) is 2.28. The number of aryl methyl sites for hydroxylation is 1. The van der Waals surface area contributed by atoms with Gasteiger partial charge in [0, 0.05) is 22.5 Å². The van der Waals surface area contributed by atoms with Gasteiger partial charge in [-0.1, -0.05) is 18.2 Å². The number of nitrogens with one attached hydrogen (secondary N) is 2. The Morgan fingerprint density at radius 3 is 2.36 bits per heavy atom. The Kier molecular flexibility index (Phi) is 6.87. The van der Waals surface area contributed by atoms with Crippen LogP contribution in [-0.2, 0) is 16.2 Å². The average Bonchev–Trinajstić information content (AvgIpc) is 3.32. The second-order valence-electron chi connectivity index (χ2n) is 8.73. The van der Waals surface area contributed by atoms with Gasteiger partial charge in [0.1, 0.15) is 5.01 Å². The minimum absolute atomic E-state index is 0.0625. The van der Waals surface area contributed by atoms with Crippen LogP contribution in [0.3, 0.4) is 0 Å². The number of anilines is 2. The van der Waals surface area contributed by atoms with E-state index in [4.69, 9.17) is 0 Å². The van der Waals surface area contributed by atoms with Crippen molar-refractivity contribution in [2.45, 2.75) is 18.0 Å². The van der Waals surface area contributed by atoms with Gasteiger partial charge in [0.2, 0.25) is 0 Å². The first-order valence-corrected chi connectivity index (χ1v) is 13.9. The summed E-state index contributed by atoms with van der Waals surface area (Å²) in [5.74, 6) is -0.547. The normalized spacial score (nSPS) is 11.9. The molecule has 0 spiro atoms. The fourth-order valence-electron chi connectivity index (χ4n) is 3.83. The van der Waals surface area contributed by atoms with Crippen molar-refractivity contribution in [3.63, 3.8) is 0 Å². The third-order valence-corrected chi connectivity index (χ3v) is 8.23. The van der Waals surface area contributed by atoms with Gasteiger partial charge >= 0.3 is 6.18 Å². The maximum Gasteiger partial charge on any atom is 0.416 e. The van der Waals surface area contributed by atoms with Crippen LogP contribution in [0.2, 0.25) is 0 Å². The van der Waals surface area contributed by atoms with Gasteiger partial charge in [-0.3, -0.25) is 9.52 Å². The fraction of sp³-hybridized carbons (Fsp3) is 0.0714. The second-order valence-corrected chi connectivity index (χ2v) is 11.4. The predicted molar refractivity (Wildman–Crippen MR) is 146 cm³/mol. The molecule has 4 aromatic carbocycles. The lowest BCUT2D eigenvalue weighted by Crippen LogP contribution is -2.16. The first-order valence-electron chi connectivity index (χ1n) is 11.6. The van der Waals surface area contributed by atoms with E-state index in [-0.39, 0.29) is 16.1 Å². The van der Waals surface area contributed by atoms with Gasteiger partial charge in [0.05, 0.1) is 20.7 Å². The standard InChI is InChI=1S/C28H20F3N3O3S2/c1-17-8-13-24-25(14-17)38-27(33-24)18-9-11-21(12-10-18)32-26(35)19-4-2-7-23(15-19)39(36,37)34-22-6-3-5-20(16-22)28(29,30)31/h2-16,34H,1H3,(H,32,35). The van der Waals surface area contributed by atoms with Crippen molar-refractivity contribution in [3.8, 4) is 10.6 Å². The molecule has 5 rings (SSSR count). The van der Waals surface area contributed by atoms with Gasteiger partial charge in [0.15, 0.2) is 0 Å². The Hall–Kier alpha value is -4.22. The molecule has 0 saturated heterocycles. The molecule has 0 radical (unpaired) electrons. The van der Waals surface area contributed by atoms with E-state index in [9.17, 15) is 26.4 Å². The second kappa shape index (κ2) is 10.2. The van der Waals surface area contributed by atoms with Crippen LogP contribution in [0.1, 0.15) is 21.5 Å². The molecule has 11 heteroatoms. The smallest absolute Gasteiger partial charge is 0.322 e. The van der Waals surface area contributed by atoms with Gasteiger partial charge in [0.25, 0.3) is 15.9 Å². The molecule has 0 aliphatic carbocycles. The summed E-state index contributed by atoms with van der Waals surface area (Å²) < 4.78 is 67.8. The molecule has 0 aliphatic rings. The van der Waals surface area contributed by atoms with E-state index in [1.807, 2.05) is 31.2 Å². The van der Waals surface area contributed by atoms with E-state index in [2.05, 4.69) is 21.1 Å². The van der Waals surface area contributed by atoms with Crippen LogP contribution in [0.15, 0.2) is 95.9 Å². The third-order valence-electron chi connectivity index (χ3n) is 5.78. The van der Waals surface area contributed by atoms with Crippen LogP contribution in [0, 0.1) is 6.92 Å². The number of fused-ring (bicyclic) bond motifs is 1. The van der Waals surface area contributed by atoms with Gasteiger partial charge in [-0.25, -0.2) is 13.4 Å². The average molecular weight is 568 g/mol. The Morgan fingerprint density at radius 2 is 1.62 bits per heavy atom. The SMILES string of the molecule is Cc1ccc2nc(-c3ccc(NC(=O)c4cccc(S(=O)(=O)Nc5cccc(C(F)(F)F)c5)c4)cc3)sc2c1. The summed E-state index contributed by atoms with van der Waals surface area (Å²) >= 11 is 1.57. The van der Waals surface area contributed by atoms with Gasteiger partial charge in [-0.2, -0.15) is 13.2 Å². The molecular formula is C28H20F3N3O3S2. The molecule has 198 valence electrons. The van der Waals surface area contributed by atoms with Crippen LogP contribution in [0.5, 0.6) is 0 Å². The molecule has 0 bridgehead atoms. The minimum Gasteiger partial charge on any atom is -0.322 e. The van der Waals surface area contributed by atoms with Crippen molar-refractivity contribution in [2.24, 2.45) is 0 Å². The Balaban J connectivity index is 1.30. The topological polar surface area (TPSA) is 88.2 Å². The monoisotopic (exact) mass is 567 g/mol. The van der Waals surface area contributed by atoms with E-state index in [1.54, 1.807) is 23.5 Å². The number of carbonyl (C=O) groups excluding carboxylic acids is 1. The van der Waals surface area contributed by atoms with Crippen molar-refractivity contribution < 1.29 is 26.4 Å². The van der Waals surface area contributed by atoms with E-state index < -0.39 is 27.7 Å². The lowest BCUT2D eigenvalue weighted by atomic mass is 10.2. The van der Waals surface area contributed by atoms with Crippen molar-refractivity contribution in [3.05, 3.63) is 108 Å². The highest BCUT2D eigenvalue weighted by Gasteiger charge is 2.30. The molecule has 5 aromatic rings. The molecule has 1 heterocycles. The zero-order chi connectivity index (χ0) is 27.8. The molecular weight excluding hydrogens is 547 g/mol. The number of sulfonamides is 1. The molecule has 0 atom stereocenters. The van der Waals surface area contributed by atoms with Crippen LogP contribution >= 0.6 is 11.3 Å². The van der Waals surface area contributed by atoms with Crippen LogP contribution in [0.25, 0.3) is 20.8 Å². The van der Waals surface area contributed by atoms with Gasteiger partial charge < -0.3 is 5.32 Å². The molecule has 6 nitrogen and oxygen atoms in total. The van der Waals surface area contributed by atoms with E-state index in [1.165, 1.54) is 24.3 Å². The number of aromatic nitrogens is 1. The van der Waals surface area contributed by atoms with E-state index in [0.717, 1.165) is 44.6 Å². The zero-order valence-corrected chi connectivity index (χ0v) is 21.9. The first kappa shape index (κ1) is 26.4. The molecule has 1 amide bonds. The summed E-state index contributed by atoms with van der Waals surface area (Å²) in [6, 6.07) is 22.3. The molecule has 1 aromatic heterocycles. The maximum absolute atomic E-state index is 13.0. The maximum atomic E-state index is 13.0. The third kappa shape index (κ3) is 5.94. The Labute approximate surface area is 226 Å². The van der Waals surface area contributed by atoms with Crippen molar-refractivity contribution >= 4 is 48.9 Å². The van der Waals surface area contributed by atoms with Crippen molar-refractivity contribution in [1.82, 2.24) is 4.98 Å². The number of halogens is 3. The van der Waals surface area contributed by atoms with Gasteiger partial charge in [-0.15, -0.1) is 11.3 Å². The number of alkyl halides is 3. The van der Waals surface area contributed by atoms with E-state index in [0.29, 0.717) is 11.8 Å². The van der Waals surface area contributed by atoms with Gasteiger partial charge in [-0.05, 0) is 85.3 Å². The highest BCUT2D eigenvalue weighted by atomic mass is 32.2. The predicted octanol–water partition coefficient (Wildman–Crippen LogP) is 7.34. The number of amides is 1. The lowest BCUT2D eigenvalue weighted by Gasteiger charge is -2.12. The van der Waals surface area contributed by atoms with Crippen LogP contribution in [-0.4, -0.2) is 19.3 Å². The lowest BCUT2D eigenvalue weighted by molar-refractivity contribution is -0.137. The largest absolute Gasteiger partial charge is 0.416 e. The highest BCUT2D eigenvalue weighted by Crippen LogP contribution is 2.32. The molecule has 0 saturated carbocycles. The van der Waals surface area contributed by atoms with Crippen molar-refractivity contribution in [1.29, 1.82) is 0 Å².